The zero-order valence-electron chi connectivity index (χ0n) is 17.1. The maximum absolute atomic E-state index is 13.4. The molecule has 1 aromatic heterocycles. The lowest BCUT2D eigenvalue weighted by molar-refractivity contribution is 0.0628. The molecule has 5 rings (SSSR count). The van der Waals surface area contributed by atoms with Crippen LogP contribution in [0.5, 0.6) is 5.75 Å². The Balaban J connectivity index is 1.21. The van der Waals surface area contributed by atoms with E-state index in [-0.39, 0.29) is 23.5 Å². The fourth-order valence-electron chi connectivity index (χ4n) is 4.57. The van der Waals surface area contributed by atoms with Gasteiger partial charge in [0.25, 0.3) is 11.8 Å². The first-order valence-corrected chi connectivity index (χ1v) is 10.4. The van der Waals surface area contributed by atoms with Gasteiger partial charge in [0.2, 0.25) is 0 Å². The predicted molar refractivity (Wildman–Crippen MR) is 111 cm³/mol. The van der Waals surface area contributed by atoms with Crippen molar-refractivity contribution < 1.29 is 23.2 Å². The molecule has 3 heterocycles. The number of fused-ring (bicyclic) bond motifs is 2. The van der Waals surface area contributed by atoms with E-state index in [4.69, 9.17) is 9.26 Å². The SMILES string of the molecule is COc1cccc2c1C(=O)N(CCN1CCC(c3onc4cc(F)ccc34)CC1)C2=O. The number of rotatable bonds is 5. The van der Waals surface area contributed by atoms with E-state index >= 15 is 0 Å². The van der Waals surface area contributed by atoms with Gasteiger partial charge in [0.1, 0.15) is 22.8 Å². The molecule has 1 saturated heterocycles. The highest BCUT2D eigenvalue weighted by atomic mass is 19.1. The Labute approximate surface area is 178 Å². The van der Waals surface area contributed by atoms with Gasteiger partial charge in [0.15, 0.2) is 0 Å². The van der Waals surface area contributed by atoms with Crippen molar-refractivity contribution in [3.63, 3.8) is 0 Å². The van der Waals surface area contributed by atoms with E-state index < -0.39 is 0 Å². The van der Waals surface area contributed by atoms with Crippen molar-refractivity contribution in [3.8, 4) is 5.75 Å². The van der Waals surface area contributed by atoms with E-state index in [1.807, 2.05) is 0 Å². The number of carbonyl (C=O) groups excluding carboxylic acids is 2. The molecule has 7 nitrogen and oxygen atoms in total. The Morgan fingerprint density at radius 3 is 2.71 bits per heavy atom. The molecule has 8 heteroatoms. The number of nitrogens with zero attached hydrogens (tertiary/aromatic N) is 3. The molecule has 0 aliphatic carbocycles. The van der Waals surface area contributed by atoms with E-state index in [1.54, 1.807) is 24.3 Å². The number of ether oxygens (including phenoxy) is 1. The first kappa shape index (κ1) is 19.7. The number of benzene rings is 2. The minimum absolute atomic E-state index is 0.218. The van der Waals surface area contributed by atoms with Crippen LogP contribution in [0.4, 0.5) is 4.39 Å². The van der Waals surface area contributed by atoms with E-state index in [9.17, 15) is 14.0 Å². The zero-order chi connectivity index (χ0) is 21.5. The highest BCUT2D eigenvalue weighted by Gasteiger charge is 2.38. The molecule has 0 N–H and O–H groups in total. The second-order valence-electron chi connectivity index (χ2n) is 7.97. The number of halogens is 1. The predicted octanol–water partition coefficient (Wildman–Crippen LogP) is 3.45. The van der Waals surface area contributed by atoms with E-state index in [0.717, 1.165) is 37.1 Å². The lowest BCUT2D eigenvalue weighted by Crippen LogP contribution is -2.41. The Kier molecular flexibility index (Phi) is 4.94. The highest BCUT2D eigenvalue weighted by molar-refractivity contribution is 6.22. The van der Waals surface area contributed by atoms with Crippen molar-refractivity contribution in [2.75, 3.05) is 33.3 Å². The van der Waals surface area contributed by atoms with Gasteiger partial charge in [-0.25, -0.2) is 4.39 Å². The van der Waals surface area contributed by atoms with Crippen LogP contribution in [-0.4, -0.2) is 60.1 Å². The molecule has 0 bridgehead atoms. The summed E-state index contributed by atoms with van der Waals surface area (Å²) in [4.78, 5) is 29.0. The normalized spacial score (nSPS) is 17.5. The molecule has 2 aliphatic heterocycles. The summed E-state index contributed by atoms with van der Waals surface area (Å²) in [5, 5.41) is 4.85. The van der Waals surface area contributed by atoms with E-state index in [2.05, 4.69) is 10.1 Å². The van der Waals surface area contributed by atoms with Crippen LogP contribution in [-0.2, 0) is 0 Å². The second kappa shape index (κ2) is 7.77. The standard InChI is InChI=1S/C23H22FN3O4/c1-30-19-4-2-3-17-20(19)23(29)27(22(17)28)12-11-26-9-7-14(8-10-26)21-16-6-5-15(24)13-18(16)25-31-21/h2-6,13-14H,7-12H2,1H3. The summed E-state index contributed by atoms with van der Waals surface area (Å²) in [5.74, 6) is 0.561. The first-order chi connectivity index (χ1) is 15.1. The van der Waals surface area contributed by atoms with Gasteiger partial charge in [-0.2, -0.15) is 0 Å². The third-order valence-corrected chi connectivity index (χ3v) is 6.25. The number of hydrogen-bond donors (Lipinski definition) is 0. The maximum atomic E-state index is 13.4. The van der Waals surface area contributed by atoms with Gasteiger partial charge in [-0.3, -0.25) is 14.5 Å². The summed E-state index contributed by atoms with van der Waals surface area (Å²) in [6.45, 7) is 2.59. The van der Waals surface area contributed by atoms with Crippen molar-refractivity contribution in [3.05, 3.63) is 59.1 Å². The number of likely N-dealkylation sites (tertiary alicyclic amines) is 1. The fourth-order valence-corrected chi connectivity index (χ4v) is 4.57. The average Bonchev–Trinajstić information content (AvgIpc) is 3.31. The molecule has 3 aromatic rings. The van der Waals surface area contributed by atoms with Crippen LogP contribution in [0.15, 0.2) is 40.9 Å². The van der Waals surface area contributed by atoms with Crippen molar-refractivity contribution in [2.45, 2.75) is 18.8 Å². The van der Waals surface area contributed by atoms with Crippen LogP contribution in [0.2, 0.25) is 0 Å². The van der Waals surface area contributed by atoms with E-state index in [0.29, 0.717) is 35.5 Å². The summed E-state index contributed by atoms with van der Waals surface area (Å²) in [6.07, 6.45) is 1.75. The zero-order valence-corrected chi connectivity index (χ0v) is 17.1. The quantitative estimate of drug-likeness (QED) is 0.585. The van der Waals surface area contributed by atoms with Crippen LogP contribution in [0, 0.1) is 5.82 Å². The minimum atomic E-state index is -0.326. The lowest BCUT2D eigenvalue weighted by Gasteiger charge is -2.31. The highest BCUT2D eigenvalue weighted by Crippen LogP contribution is 2.34. The number of imide groups is 1. The number of methoxy groups -OCH3 is 1. The molecular formula is C23H22FN3O4. The monoisotopic (exact) mass is 423 g/mol. The molecule has 31 heavy (non-hydrogen) atoms. The van der Waals surface area contributed by atoms with Gasteiger partial charge in [0, 0.05) is 30.5 Å². The van der Waals surface area contributed by atoms with Crippen molar-refractivity contribution in [1.82, 2.24) is 15.0 Å². The third-order valence-electron chi connectivity index (χ3n) is 6.25. The van der Waals surface area contributed by atoms with E-state index in [1.165, 1.54) is 24.1 Å². The summed E-state index contributed by atoms with van der Waals surface area (Å²) < 4.78 is 24.2. The Hall–Kier alpha value is -3.26. The smallest absolute Gasteiger partial charge is 0.265 e. The maximum Gasteiger partial charge on any atom is 0.265 e. The largest absolute Gasteiger partial charge is 0.496 e. The molecular weight excluding hydrogens is 401 g/mol. The second-order valence-corrected chi connectivity index (χ2v) is 7.97. The molecule has 0 atom stereocenters. The molecule has 2 amide bonds. The molecule has 0 unspecified atom stereocenters. The average molecular weight is 423 g/mol. The topological polar surface area (TPSA) is 75.9 Å². The van der Waals surface area contributed by atoms with Gasteiger partial charge in [-0.15, -0.1) is 0 Å². The fraction of sp³-hybridized carbons (Fsp3) is 0.348. The molecule has 1 fully saturated rings. The summed E-state index contributed by atoms with van der Waals surface area (Å²) in [7, 11) is 1.49. The number of piperidine rings is 1. The van der Waals surface area contributed by atoms with Crippen LogP contribution in [0.1, 0.15) is 45.2 Å². The molecule has 2 aliphatic rings. The summed E-state index contributed by atoms with van der Waals surface area (Å²) >= 11 is 0. The van der Waals surface area contributed by atoms with Gasteiger partial charge in [0.05, 0.1) is 18.2 Å². The Morgan fingerprint density at radius 2 is 1.94 bits per heavy atom. The minimum Gasteiger partial charge on any atom is -0.496 e. The summed E-state index contributed by atoms with van der Waals surface area (Å²) in [5.41, 5.74) is 1.29. The van der Waals surface area contributed by atoms with Crippen molar-refractivity contribution >= 4 is 22.7 Å². The third kappa shape index (κ3) is 3.37. The number of carbonyl (C=O) groups is 2. The molecule has 2 aromatic carbocycles. The van der Waals surface area contributed by atoms with Crippen molar-refractivity contribution in [1.29, 1.82) is 0 Å². The number of aromatic nitrogens is 1. The van der Waals surface area contributed by atoms with Crippen LogP contribution < -0.4 is 4.74 Å². The summed E-state index contributed by atoms with van der Waals surface area (Å²) in [6, 6.07) is 9.61. The van der Waals surface area contributed by atoms with Crippen molar-refractivity contribution in [2.24, 2.45) is 0 Å². The lowest BCUT2D eigenvalue weighted by atomic mass is 9.92. The molecule has 0 radical (unpaired) electrons. The van der Waals surface area contributed by atoms with Gasteiger partial charge in [-0.05, 0) is 50.2 Å². The van der Waals surface area contributed by atoms with Gasteiger partial charge in [-0.1, -0.05) is 11.2 Å². The Bertz CT molecular complexity index is 1170. The number of amides is 2. The van der Waals surface area contributed by atoms with Gasteiger partial charge >= 0.3 is 0 Å². The van der Waals surface area contributed by atoms with Gasteiger partial charge < -0.3 is 14.2 Å². The molecule has 0 saturated carbocycles. The number of hydrogen-bond acceptors (Lipinski definition) is 6. The Morgan fingerprint density at radius 1 is 1.13 bits per heavy atom. The van der Waals surface area contributed by atoms with Crippen LogP contribution in [0.3, 0.4) is 0 Å². The first-order valence-electron chi connectivity index (χ1n) is 10.4. The van der Waals surface area contributed by atoms with Crippen LogP contribution >= 0.6 is 0 Å². The molecule has 0 spiro atoms. The van der Waals surface area contributed by atoms with Crippen LogP contribution in [0.25, 0.3) is 10.9 Å². The molecule has 160 valence electrons.